The largest absolute Gasteiger partial charge is 0.248 e. The van der Waals surface area contributed by atoms with E-state index in [4.69, 9.17) is 4.98 Å². The molecule has 220 valence electrons. The first-order valence-electron chi connectivity index (χ1n) is 15.3. The molecule has 7 aromatic rings. The topological polar surface area (TPSA) is 47.0 Å². The number of pyridine rings is 1. The van der Waals surface area contributed by atoms with E-state index in [-0.39, 0.29) is 0 Å². The van der Waals surface area contributed by atoms with Gasteiger partial charge in [-0.1, -0.05) is 146 Å². The van der Waals surface area contributed by atoms with Crippen LogP contribution in [0.25, 0.3) is 33.6 Å². The zero-order valence-electron chi connectivity index (χ0n) is 24.9. The maximum atomic E-state index is 14.1. The van der Waals surface area contributed by atoms with Crippen molar-refractivity contribution in [1.29, 1.82) is 0 Å². The molecular formula is C42H29NO2S. The third-order valence-electron chi connectivity index (χ3n) is 8.96. The summed E-state index contributed by atoms with van der Waals surface area (Å²) in [6.07, 6.45) is 0. The summed E-state index contributed by atoms with van der Waals surface area (Å²) in [6, 6.07) is 58.4. The van der Waals surface area contributed by atoms with Crippen LogP contribution >= 0.6 is 0 Å². The lowest BCUT2D eigenvalue weighted by atomic mass is 9.64. The highest BCUT2D eigenvalue weighted by Gasteiger charge is 2.48. The van der Waals surface area contributed by atoms with E-state index in [1.165, 1.54) is 0 Å². The number of rotatable bonds is 5. The molecule has 0 N–H and O–H groups in total. The van der Waals surface area contributed by atoms with Gasteiger partial charge in [-0.15, -0.1) is 0 Å². The fourth-order valence-electron chi connectivity index (χ4n) is 6.91. The molecule has 1 aliphatic rings. The van der Waals surface area contributed by atoms with E-state index >= 15 is 0 Å². The third kappa shape index (κ3) is 4.41. The van der Waals surface area contributed by atoms with Crippen molar-refractivity contribution in [3.05, 3.63) is 198 Å². The molecule has 8 rings (SSSR count). The standard InChI is InChI=1S/C42H29NO2S/c44-46(45)40-25-12-10-23-36(40)42(34-20-8-3-9-21-34,37-24-11-13-26-41(37)46)35-22-14-19-32(27-35)39-29-33(30-15-4-1-5-16-30)28-38(43-39)31-17-6-2-7-18-31/h1-29H. The first-order valence-corrected chi connectivity index (χ1v) is 16.8. The average Bonchev–Trinajstić information content (AvgIpc) is 3.13. The van der Waals surface area contributed by atoms with Crippen molar-refractivity contribution >= 4 is 9.84 Å². The Kier molecular flexibility index (Phi) is 6.74. The Labute approximate surface area is 269 Å². The molecule has 46 heavy (non-hydrogen) atoms. The molecule has 0 spiro atoms. The fraction of sp³-hybridized carbons (Fsp3) is 0.0238. The zero-order chi connectivity index (χ0) is 31.1. The Bertz CT molecular complexity index is 2200. The third-order valence-corrected chi connectivity index (χ3v) is 10.8. The van der Waals surface area contributed by atoms with Gasteiger partial charge >= 0.3 is 0 Å². The van der Waals surface area contributed by atoms with E-state index in [9.17, 15) is 8.42 Å². The first-order chi connectivity index (χ1) is 22.6. The number of hydrogen-bond donors (Lipinski definition) is 0. The van der Waals surface area contributed by atoms with Gasteiger partial charge in [0.1, 0.15) is 0 Å². The summed E-state index contributed by atoms with van der Waals surface area (Å²) >= 11 is 0. The molecule has 4 heteroatoms. The first kappa shape index (κ1) is 27.9. The van der Waals surface area contributed by atoms with Crippen LogP contribution in [0.3, 0.4) is 0 Å². The Morgan fingerprint density at radius 3 is 1.46 bits per heavy atom. The van der Waals surface area contributed by atoms with Gasteiger partial charge in [-0.05, 0) is 63.7 Å². The van der Waals surface area contributed by atoms with Gasteiger partial charge in [-0.25, -0.2) is 13.4 Å². The predicted molar refractivity (Wildman–Crippen MR) is 184 cm³/mol. The SMILES string of the molecule is O=S1(=O)c2ccccc2C(c2ccccc2)(c2cccc(-c3cc(-c4ccccc4)cc(-c4ccccc4)n3)c2)c2ccccc21. The summed E-state index contributed by atoms with van der Waals surface area (Å²) in [5.41, 5.74) is 8.49. The predicted octanol–water partition coefficient (Wildman–Crippen LogP) is 9.61. The van der Waals surface area contributed by atoms with Crippen molar-refractivity contribution in [3.8, 4) is 33.6 Å². The number of aromatic nitrogens is 1. The van der Waals surface area contributed by atoms with Gasteiger partial charge in [0, 0.05) is 11.1 Å². The summed E-state index contributed by atoms with van der Waals surface area (Å²) in [4.78, 5) is 5.86. The molecule has 0 saturated carbocycles. The number of nitrogens with zero attached hydrogens (tertiary/aromatic N) is 1. The Morgan fingerprint density at radius 2 is 0.848 bits per heavy atom. The zero-order valence-corrected chi connectivity index (χ0v) is 25.7. The van der Waals surface area contributed by atoms with Crippen molar-refractivity contribution in [2.45, 2.75) is 15.2 Å². The second-order valence-electron chi connectivity index (χ2n) is 11.6. The second kappa shape index (κ2) is 11.1. The van der Waals surface area contributed by atoms with Crippen LogP contribution in [-0.4, -0.2) is 13.4 Å². The molecule has 2 heterocycles. The van der Waals surface area contributed by atoms with Gasteiger partial charge in [-0.3, -0.25) is 0 Å². The summed E-state index contributed by atoms with van der Waals surface area (Å²) in [5, 5.41) is 0. The highest BCUT2D eigenvalue weighted by Crippen LogP contribution is 2.53. The number of benzene rings is 6. The second-order valence-corrected chi connectivity index (χ2v) is 13.4. The molecule has 0 saturated heterocycles. The molecule has 0 unspecified atom stereocenters. The van der Waals surface area contributed by atoms with Gasteiger partial charge in [0.2, 0.25) is 9.84 Å². The minimum Gasteiger partial charge on any atom is -0.248 e. The maximum Gasteiger partial charge on any atom is 0.207 e. The smallest absolute Gasteiger partial charge is 0.207 e. The van der Waals surface area contributed by atoms with Gasteiger partial charge in [-0.2, -0.15) is 0 Å². The van der Waals surface area contributed by atoms with E-state index in [1.54, 1.807) is 24.3 Å². The van der Waals surface area contributed by atoms with E-state index < -0.39 is 15.3 Å². The van der Waals surface area contributed by atoms with Gasteiger partial charge in [0.15, 0.2) is 0 Å². The van der Waals surface area contributed by atoms with E-state index in [1.807, 2.05) is 78.9 Å². The van der Waals surface area contributed by atoms with Gasteiger partial charge < -0.3 is 0 Å². The molecule has 1 aromatic heterocycles. The quantitative estimate of drug-likeness (QED) is 0.195. The molecule has 1 aliphatic heterocycles. The van der Waals surface area contributed by atoms with Crippen LogP contribution in [0.2, 0.25) is 0 Å². The molecule has 6 aromatic carbocycles. The molecule has 0 atom stereocenters. The fourth-order valence-corrected chi connectivity index (χ4v) is 8.68. The van der Waals surface area contributed by atoms with Crippen molar-refractivity contribution in [2.75, 3.05) is 0 Å². The Balaban J connectivity index is 1.42. The number of sulfone groups is 1. The molecule has 0 bridgehead atoms. The number of hydrogen-bond acceptors (Lipinski definition) is 3. The lowest BCUT2D eigenvalue weighted by Crippen LogP contribution is -2.37. The lowest BCUT2D eigenvalue weighted by Gasteiger charge is -2.41. The molecule has 0 fully saturated rings. The Hall–Kier alpha value is -5.58. The van der Waals surface area contributed by atoms with E-state index in [0.29, 0.717) is 9.79 Å². The summed E-state index contributed by atoms with van der Waals surface area (Å²) < 4.78 is 28.1. The highest BCUT2D eigenvalue weighted by atomic mass is 32.2. The molecule has 0 amide bonds. The molecule has 0 radical (unpaired) electrons. The minimum absolute atomic E-state index is 0.332. The van der Waals surface area contributed by atoms with Crippen molar-refractivity contribution in [2.24, 2.45) is 0 Å². The van der Waals surface area contributed by atoms with Crippen LogP contribution in [0.15, 0.2) is 186 Å². The van der Waals surface area contributed by atoms with Crippen LogP contribution in [-0.2, 0) is 15.3 Å². The van der Waals surface area contributed by atoms with Crippen LogP contribution < -0.4 is 0 Å². The Morgan fingerprint density at radius 1 is 0.391 bits per heavy atom. The summed E-state index contributed by atoms with van der Waals surface area (Å²) in [6.45, 7) is 0. The average molecular weight is 612 g/mol. The van der Waals surface area contributed by atoms with Crippen LogP contribution in [0.4, 0.5) is 0 Å². The van der Waals surface area contributed by atoms with Gasteiger partial charge in [0.25, 0.3) is 0 Å². The van der Waals surface area contributed by atoms with E-state index in [0.717, 1.165) is 55.9 Å². The molecule has 3 nitrogen and oxygen atoms in total. The normalized spacial score (nSPS) is 14.2. The summed E-state index contributed by atoms with van der Waals surface area (Å²) in [5.74, 6) is 0. The van der Waals surface area contributed by atoms with Crippen molar-refractivity contribution < 1.29 is 8.42 Å². The van der Waals surface area contributed by atoms with Gasteiger partial charge in [0.05, 0.1) is 26.6 Å². The van der Waals surface area contributed by atoms with E-state index in [2.05, 4.69) is 72.8 Å². The van der Waals surface area contributed by atoms with Crippen molar-refractivity contribution in [1.82, 2.24) is 4.98 Å². The minimum atomic E-state index is -3.74. The maximum absolute atomic E-state index is 14.1. The van der Waals surface area contributed by atoms with Crippen molar-refractivity contribution in [3.63, 3.8) is 0 Å². The monoisotopic (exact) mass is 611 g/mol. The van der Waals surface area contributed by atoms with Crippen LogP contribution in [0.5, 0.6) is 0 Å². The van der Waals surface area contributed by atoms with Crippen LogP contribution in [0, 0.1) is 0 Å². The van der Waals surface area contributed by atoms with Crippen LogP contribution in [0.1, 0.15) is 22.3 Å². The highest BCUT2D eigenvalue weighted by molar-refractivity contribution is 7.91. The summed E-state index contributed by atoms with van der Waals surface area (Å²) in [7, 11) is -3.74. The molecule has 0 aliphatic carbocycles. The lowest BCUT2D eigenvalue weighted by molar-refractivity contribution is 0.579. The number of fused-ring (bicyclic) bond motifs is 2. The molecular weight excluding hydrogens is 583 g/mol.